The number of hydrogen-bond donors (Lipinski definition) is 3. The van der Waals surface area contributed by atoms with Crippen molar-refractivity contribution in [3.8, 4) is 11.1 Å². The van der Waals surface area contributed by atoms with Gasteiger partial charge < -0.3 is 25.2 Å². The molecule has 1 saturated heterocycles. The van der Waals surface area contributed by atoms with Crippen LogP contribution in [0.15, 0.2) is 48.5 Å². The van der Waals surface area contributed by atoms with E-state index in [1.807, 2.05) is 42.7 Å². The Labute approximate surface area is 208 Å². The van der Waals surface area contributed by atoms with Gasteiger partial charge in [-0.1, -0.05) is 48.5 Å². The Balaban J connectivity index is 1.42. The highest BCUT2D eigenvalue weighted by Gasteiger charge is 2.43. The minimum Gasteiger partial charge on any atom is -0.480 e. The average Bonchev–Trinajstić information content (AvgIpc) is 3.19. The minimum atomic E-state index is -1.39. The van der Waals surface area contributed by atoms with Crippen molar-refractivity contribution in [1.29, 1.82) is 0 Å². The molecule has 35 heavy (non-hydrogen) atoms. The lowest BCUT2D eigenvalue weighted by Gasteiger charge is -2.35. The Morgan fingerprint density at radius 2 is 1.69 bits per heavy atom. The number of ether oxygens (including phenoxy) is 2. The first-order chi connectivity index (χ1) is 16.9. The van der Waals surface area contributed by atoms with Gasteiger partial charge in [0.25, 0.3) is 0 Å². The van der Waals surface area contributed by atoms with E-state index < -0.39 is 29.6 Å². The van der Waals surface area contributed by atoms with E-state index in [0.717, 1.165) is 22.3 Å². The smallest absolute Gasteiger partial charge is 0.407 e. The molecule has 0 unspecified atom stereocenters. The number of carboxylic acids is 1. The first-order valence-corrected chi connectivity index (χ1v) is 13.1. The number of nitrogens with one attached hydrogen (secondary N) is 2. The molecule has 1 aliphatic heterocycles. The van der Waals surface area contributed by atoms with Crippen molar-refractivity contribution >= 4 is 29.7 Å². The number of carbonyl (C=O) groups is 3. The Kier molecular flexibility index (Phi) is 7.97. The molecule has 2 aliphatic rings. The summed E-state index contributed by atoms with van der Waals surface area (Å²) >= 11 is 1.54. The SMILES string of the molecule is CSCC[C@@H](NC(=O)OCC1c2ccccc2-c2ccccc21)C(=O)NC1(C(=O)O)CCOCC1. The number of amides is 2. The minimum absolute atomic E-state index is 0.0934. The lowest BCUT2D eigenvalue weighted by Crippen LogP contribution is -2.61. The van der Waals surface area contributed by atoms with E-state index in [9.17, 15) is 19.5 Å². The van der Waals surface area contributed by atoms with Crippen LogP contribution in [0.4, 0.5) is 4.79 Å². The highest BCUT2D eigenvalue weighted by atomic mass is 32.2. The molecule has 0 aromatic heterocycles. The fourth-order valence-corrected chi connectivity index (χ4v) is 5.19. The van der Waals surface area contributed by atoms with E-state index in [4.69, 9.17) is 9.47 Å². The molecule has 1 atom stereocenters. The number of rotatable bonds is 9. The molecule has 8 nitrogen and oxygen atoms in total. The van der Waals surface area contributed by atoms with E-state index in [2.05, 4.69) is 22.8 Å². The zero-order valence-electron chi connectivity index (χ0n) is 19.6. The second kappa shape index (κ2) is 11.1. The van der Waals surface area contributed by atoms with Crippen LogP contribution in [0, 0.1) is 0 Å². The Hall–Kier alpha value is -3.04. The summed E-state index contributed by atoms with van der Waals surface area (Å²) in [5.41, 5.74) is 3.06. The summed E-state index contributed by atoms with van der Waals surface area (Å²) in [6, 6.07) is 15.2. The van der Waals surface area contributed by atoms with Crippen LogP contribution in [0.2, 0.25) is 0 Å². The van der Waals surface area contributed by atoms with Crippen molar-refractivity contribution in [3.63, 3.8) is 0 Å². The monoisotopic (exact) mass is 498 g/mol. The maximum atomic E-state index is 13.1. The Bertz CT molecular complexity index is 1040. The van der Waals surface area contributed by atoms with Crippen LogP contribution >= 0.6 is 11.8 Å². The normalized spacial score (nSPS) is 17.1. The molecule has 186 valence electrons. The Morgan fingerprint density at radius 1 is 1.09 bits per heavy atom. The standard InChI is InChI=1S/C26H30N2O6S/c1-35-15-10-22(23(29)28-26(24(30)31)11-13-33-14-12-26)27-25(32)34-16-21-19-8-4-2-6-17(19)18-7-3-5-9-20(18)21/h2-9,21-22H,10-16H2,1H3,(H,27,32)(H,28,29)(H,30,31)/t22-/m1/s1. The van der Waals surface area contributed by atoms with Crippen LogP contribution < -0.4 is 10.6 Å². The summed E-state index contributed by atoms with van der Waals surface area (Å²) in [4.78, 5) is 37.7. The predicted molar refractivity (Wildman–Crippen MR) is 134 cm³/mol. The van der Waals surface area contributed by atoms with Gasteiger partial charge in [0.1, 0.15) is 18.2 Å². The molecule has 4 rings (SSSR count). The summed E-state index contributed by atoms with van der Waals surface area (Å²) < 4.78 is 10.9. The lowest BCUT2D eigenvalue weighted by atomic mass is 9.89. The van der Waals surface area contributed by atoms with Gasteiger partial charge in [-0.15, -0.1) is 0 Å². The third-order valence-electron chi connectivity index (χ3n) is 6.68. The van der Waals surface area contributed by atoms with Gasteiger partial charge in [-0.3, -0.25) is 4.79 Å². The van der Waals surface area contributed by atoms with Gasteiger partial charge in [-0.2, -0.15) is 11.8 Å². The second-order valence-electron chi connectivity index (χ2n) is 8.79. The van der Waals surface area contributed by atoms with E-state index in [0.29, 0.717) is 12.2 Å². The molecular formula is C26H30N2O6S. The molecule has 1 fully saturated rings. The van der Waals surface area contributed by atoms with Crippen LogP contribution in [0.25, 0.3) is 11.1 Å². The third kappa shape index (κ3) is 5.46. The molecule has 9 heteroatoms. The number of carboxylic acid groups (broad SMARTS) is 1. The van der Waals surface area contributed by atoms with E-state index >= 15 is 0 Å². The summed E-state index contributed by atoms with van der Waals surface area (Å²) in [5, 5.41) is 15.1. The van der Waals surface area contributed by atoms with Crippen molar-refractivity contribution in [2.75, 3.05) is 31.8 Å². The Morgan fingerprint density at radius 3 is 2.26 bits per heavy atom. The molecule has 2 amide bonds. The molecule has 0 radical (unpaired) electrons. The molecular weight excluding hydrogens is 468 g/mol. The van der Waals surface area contributed by atoms with Gasteiger partial charge in [-0.25, -0.2) is 9.59 Å². The summed E-state index contributed by atoms with van der Waals surface area (Å²) in [7, 11) is 0. The number of hydrogen-bond acceptors (Lipinski definition) is 6. The topological polar surface area (TPSA) is 114 Å². The van der Waals surface area contributed by atoms with E-state index in [1.165, 1.54) is 11.8 Å². The van der Waals surface area contributed by atoms with Crippen molar-refractivity contribution < 1.29 is 29.0 Å². The summed E-state index contributed by atoms with van der Waals surface area (Å²) in [5.74, 6) is -1.11. The van der Waals surface area contributed by atoms with Crippen LogP contribution in [-0.4, -0.2) is 66.5 Å². The molecule has 1 heterocycles. The van der Waals surface area contributed by atoms with Crippen LogP contribution in [-0.2, 0) is 19.1 Å². The molecule has 2 aromatic carbocycles. The molecule has 0 bridgehead atoms. The number of alkyl carbamates (subject to hydrolysis) is 1. The van der Waals surface area contributed by atoms with Crippen LogP contribution in [0.5, 0.6) is 0 Å². The van der Waals surface area contributed by atoms with Gasteiger partial charge in [-0.05, 0) is 40.7 Å². The van der Waals surface area contributed by atoms with E-state index in [-0.39, 0.29) is 38.6 Å². The van der Waals surface area contributed by atoms with Crippen LogP contribution in [0.1, 0.15) is 36.3 Å². The summed E-state index contributed by atoms with van der Waals surface area (Å²) in [6.45, 7) is 0.636. The number of fused-ring (bicyclic) bond motifs is 3. The van der Waals surface area contributed by atoms with Gasteiger partial charge in [0.2, 0.25) is 5.91 Å². The largest absolute Gasteiger partial charge is 0.480 e. The van der Waals surface area contributed by atoms with Gasteiger partial charge >= 0.3 is 12.1 Å². The molecule has 0 spiro atoms. The number of carbonyl (C=O) groups excluding carboxylic acids is 2. The zero-order valence-corrected chi connectivity index (χ0v) is 20.4. The maximum absolute atomic E-state index is 13.1. The first kappa shape index (κ1) is 25.1. The highest BCUT2D eigenvalue weighted by molar-refractivity contribution is 7.98. The quantitative estimate of drug-likeness (QED) is 0.486. The van der Waals surface area contributed by atoms with E-state index in [1.54, 1.807) is 0 Å². The molecule has 3 N–H and O–H groups in total. The van der Waals surface area contributed by atoms with Gasteiger partial charge in [0.05, 0.1) is 0 Å². The van der Waals surface area contributed by atoms with Crippen LogP contribution in [0.3, 0.4) is 0 Å². The number of benzene rings is 2. The fourth-order valence-electron chi connectivity index (χ4n) is 4.72. The van der Waals surface area contributed by atoms with Crippen molar-refractivity contribution in [2.24, 2.45) is 0 Å². The van der Waals surface area contributed by atoms with Crippen molar-refractivity contribution in [1.82, 2.24) is 10.6 Å². The molecule has 2 aromatic rings. The first-order valence-electron chi connectivity index (χ1n) is 11.7. The van der Waals surface area contributed by atoms with Gasteiger partial charge in [0, 0.05) is 32.0 Å². The second-order valence-corrected chi connectivity index (χ2v) is 9.78. The number of thioether (sulfide) groups is 1. The fraction of sp³-hybridized carbons (Fsp3) is 0.423. The average molecular weight is 499 g/mol. The zero-order chi connectivity index (χ0) is 24.8. The lowest BCUT2D eigenvalue weighted by molar-refractivity contribution is -0.152. The molecule has 0 saturated carbocycles. The highest BCUT2D eigenvalue weighted by Crippen LogP contribution is 2.44. The maximum Gasteiger partial charge on any atom is 0.407 e. The van der Waals surface area contributed by atoms with Crippen molar-refractivity contribution in [2.45, 2.75) is 36.8 Å². The van der Waals surface area contributed by atoms with Gasteiger partial charge in [0.15, 0.2) is 0 Å². The number of aliphatic carboxylic acids is 1. The molecule has 1 aliphatic carbocycles. The third-order valence-corrected chi connectivity index (χ3v) is 7.33. The summed E-state index contributed by atoms with van der Waals surface area (Å²) in [6.07, 6.45) is 1.90. The van der Waals surface area contributed by atoms with Crippen molar-refractivity contribution in [3.05, 3.63) is 59.7 Å². The predicted octanol–water partition coefficient (Wildman–Crippen LogP) is 3.40.